The van der Waals surface area contributed by atoms with Crippen molar-refractivity contribution in [2.45, 2.75) is 11.4 Å². The van der Waals surface area contributed by atoms with Gasteiger partial charge in [-0.25, -0.2) is 13.1 Å². The molecule has 2 aromatic rings. The third kappa shape index (κ3) is 4.91. The Labute approximate surface area is 151 Å². The average molecular weight is 380 g/mol. The molecule has 0 fully saturated rings. The van der Waals surface area contributed by atoms with Crippen molar-refractivity contribution in [1.29, 1.82) is 0 Å². The molecule has 1 amide bonds. The fourth-order valence-corrected chi connectivity index (χ4v) is 3.81. The highest BCUT2D eigenvalue weighted by Crippen LogP contribution is 2.25. The van der Waals surface area contributed by atoms with Crippen LogP contribution in [0, 0.1) is 0 Å². The second kappa shape index (κ2) is 8.28. The molecular formula is C17H20N2O4S2. The normalized spacial score (nSPS) is 11.6. The molecule has 134 valence electrons. The van der Waals surface area contributed by atoms with Gasteiger partial charge in [0.15, 0.2) is 0 Å². The van der Waals surface area contributed by atoms with E-state index in [9.17, 15) is 13.2 Å². The molecule has 0 unspecified atom stereocenters. The van der Waals surface area contributed by atoms with Gasteiger partial charge in [-0.1, -0.05) is 12.1 Å². The molecule has 1 heterocycles. The molecule has 1 aromatic carbocycles. The van der Waals surface area contributed by atoms with Crippen LogP contribution in [0.3, 0.4) is 0 Å². The highest BCUT2D eigenvalue weighted by molar-refractivity contribution is 7.89. The van der Waals surface area contributed by atoms with Crippen molar-refractivity contribution in [3.05, 3.63) is 52.2 Å². The van der Waals surface area contributed by atoms with Gasteiger partial charge in [0.25, 0.3) is 0 Å². The summed E-state index contributed by atoms with van der Waals surface area (Å²) in [5, 5.41) is 1.96. The van der Waals surface area contributed by atoms with Gasteiger partial charge in [0.2, 0.25) is 15.9 Å². The maximum absolute atomic E-state index is 12.2. The molecule has 0 bridgehead atoms. The fourth-order valence-electron chi connectivity index (χ4n) is 2.13. The van der Waals surface area contributed by atoms with Crippen molar-refractivity contribution in [3.8, 4) is 5.75 Å². The van der Waals surface area contributed by atoms with Crippen molar-refractivity contribution in [1.82, 2.24) is 9.62 Å². The van der Waals surface area contributed by atoms with Gasteiger partial charge in [-0.3, -0.25) is 4.79 Å². The number of hydrogen-bond donors (Lipinski definition) is 1. The molecule has 8 heteroatoms. The van der Waals surface area contributed by atoms with Gasteiger partial charge in [0, 0.05) is 18.0 Å². The van der Waals surface area contributed by atoms with Crippen LogP contribution in [0.5, 0.6) is 5.75 Å². The maximum Gasteiger partial charge on any atom is 0.246 e. The summed E-state index contributed by atoms with van der Waals surface area (Å²) in [6, 6.07) is 8.62. The predicted octanol–water partition coefficient (Wildman–Crippen LogP) is 2.34. The Hall–Kier alpha value is -2.16. The quantitative estimate of drug-likeness (QED) is 0.748. The summed E-state index contributed by atoms with van der Waals surface area (Å²) in [5.41, 5.74) is 0.590. The first-order chi connectivity index (χ1) is 11.9. The van der Waals surface area contributed by atoms with E-state index < -0.39 is 10.0 Å². The summed E-state index contributed by atoms with van der Waals surface area (Å²) in [6.45, 7) is 0.531. The molecule has 1 N–H and O–H groups in total. The lowest BCUT2D eigenvalue weighted by atomic mass is 10.2. The van der Waals surface area contributed by atoms with Gasteiger partial charge in [-0.2, -0.15) is 0 Å². The number of rotatable bonds is 7. The van der Waals surface area contributed by atoms with Crippen molar-refractivity contribution in [2.75, 3.05) is 21.2 Å². The largest absolute Gasteiger partial charge is 0.495 e. The number of thiophene rings is 1. The number of hydrogen-bond acceptors (Lipinski definition) is 5. The molecule has 6 nitrogen and oxygen atoms in total. The molecule has 1 aromatic heterocycles. The van der Waals surface area contributed by atoms with Crippen LogP contribution >= 0.6 is 11.3 Å². The summed E-state index contributed by atoms with van der Waals surface area (Å²) >= 11 is 1.59. The van der Waals surface area contributed by atoms with Crippen molar-refractivity contribution in [3.63, 3.8) is 0 Å². The molecule has 0 saturated heterocycles. The number of ether oxygens (including phenoxy) is 1. The Kier molecular flexibility index (Phi) is 6.35. The van der Waals surface area contributed by atoms with Crippen LogP contribution in [0.4, 0.5) is 0 Å². The van der Waals surface area contributed by atoms with Crippen LogP contribution in [-0.2, 0) is 21.4 Å². The van der Waals surface area contributed by atoms with Crippen LogP contribution in [0.25, 0.3) is 6.08 Å². The Balaban J connectivity index is 2.17. The monoisotopic (exact) mass is 380 g/mol. The first-order valence-electron chi connectivity index (χ1n) is 7.44. The Morgan fingerprint density at radius 2 is 2.12 bits per heavy atom. The van der Waals surface area contributed by atoms with Gasteiger partial charge in [-0.05, 0) is 42.3 Å². The minimum atomic E-state index is -3.66. The zero-order valence-corrected chi connectivity index (χ0v) is 15.9. The molecule has 0 aliphatic rings. The molecule has 0 spiro atoms. The van der Waals surface area contributed by atoms with E-state index >= 15 is 0 Å². The second-order valence-electron chi connectivity index (χ2n) is 5.22. The zero-order valence-electron chi connectivity index (χ0n) is 14.2. The average Bonchev–Trinajstić information content (AvgIpc) is 3.12. The maximum atomic E-state index is 12.2. The number of nitrogens with one attached hydrogen (secondary N) is 1. The number of nitrogens with zero attached hydrogens (tertiary/aromatic N) is 1. The van der Waals surface area contributed by atoms with Crippen LogP contribution in [0.2, 0.25) is 0 Å². The van der Waals surface area contributed by atoms with Gasteiger partial charge in [-0.15, -0.1) is 11.3 Å². The van der Waals surface area contributed by atoms with E-state index in [1.54, 1.807) is 41.5 Å². The second-order valence-corrected chi connectivity index (χ2v) is 8.11. The first-order valence-corrected chi connectivity index (χ1v) is 9.81. The van der Waals surface area contributed by atoms with Gasteiger partial charge in [0.05, 0.1) is 13.7 Å². The molecule has 0 saturated carbocycles. The van der Waals surface area contributed by atoms with Crippen molar-refractivity contribution < 1.29 is 17.9 Å². The molecule has 2 rings (SSSR count). The summed E-state index contributed by atoms with van der Waals surface area (Å²) in [4.78, 5) is 14.9. The summed E-state index contributed by atoms with van der Waals surface area (Å²) in [5.74, 6) is 0.0786. The lowest BCUT2D eigenvalue weighted by Crippen LogP contribution is -2.23. The van der Waals surface area contributed by atoms with E-state index in [1.807, 2.05) is 17.5 Å². The summed E-state index contributed by atoms with van der Waals surface area (Å²) in [7, 11) is 0.803. The molecular weight excluding hydrogens is 360 g/mol. The minimum absolute atomic E-state index is 0.0269. The Bertz CT molecular complexity index is 859. The number of amides is 1. The standard InChI is InChI=1S/C17H20N2O4S2/c1-18-25(21,22)16-11-13(6-8-15(16)23-3)7-9-17(20)19(2)12-14-5-4-10-24-14/h4-11,18H,12H2,1-3H3/b9-7+. The fraction of sp³-hybridized carbons (Fsp3) is 0.235. The number of likely N-dealkylation sites (N-methyl/N-ethyl adjacent to an activating group) is 1. The highest BCUT2D eigenvalue weighted by Gasteiger charge is 2.17. The van der Waals surface area contributed by atoms with E-state index in [4.69, 9.17) is 4.74 Å². The minimum Gasteiger partial charge on any atom is -0.495 e. The van der Waals surface area contributed by atoms with Crippen molar-refractivity contribution in [2.24, 2.45) is 0 Å². The van der Waals surface area contributed by atoms with Crippen LogP contribution in [0.15, 0.2) is 46.7 Å². The third-order valence-electron chi connectivity index (χ3n) is 3.51. The number of benzene rings is 1. The SMILES string of the molecule is CNS(=O)(=O)c1cc(/C=C/C(=O)N(C)Cc2cccs2)ccc1OC. The van der Waals surface area contributed by atoms with E-state index in [-0.39, 0.29) is 16.6 Å². The smallest absolute Gasteiger partial charge is 0.246 e. The van der Waals surface area contributed by atoms with Gasteiger partial charge >= 0.3 is 0 Å². The lowest BCUT2D eigenvalue weighted by Gasteiger charge is -2.13. The van der Waals surface area contributed by atoms with Crippen molar-refractivity contribution >= 4 is 33.3 Å². The number of sulfonamides is 1. The van der Waals surface area contributed by atoms with Gasteiger partial charge < -0.3 is 9.64 Å². The van der Waals surface area contributed by atoms with E-state index in [0.717, 1.165) is 4.88 Å². The molecule has 0 aliphatic heterocycles. The van der Waals surface area contributed by atoms with Crippen LogP contribution < -0.4 is 9.46 Å². The Morgan fingerprint density at radius 1 is 1.36 bits per heavy atom. The molecule has 25 heavy (non-hydrogen) atoms. The topological polar surface area (TPSA) is 75.7 Å². The van der Waals surface area contributed by atoms with Gasteiger partial charge in [0.1, 0.15) is 10.6 Å². The van der Waals surface area contributed by atoms with E-state index in [0.29, 0.717) is 12.1 Å². The van der Waals surface area contributed by atoms with E-state index in [2.05, 4.69) is 4.72 Å². The first kappa shape index (κ1) is 19.2. The predicted molar refractivity (Wildman–Crippen MR) is 99.1 cm³/mol. The summed E-state index contributed by atoms with van der Waals surface area (Å²) < 4.78 is 31.5. The lowest BCUT2D eigenvalue weighted by molar-refractivity contribution is -0.125. The highest BCUT2D eigenvalue weighted by atomic mass is 32.2. The molecule has 0 atom stereocenters. The van der Waals surface area contributed by atoms with Crippen LogP contribution in [0.1, 0.15) is 10.4 Å². The number of methoxy groups -OCH3 is 1. The molecule has 0 aliphatic carbocycles. The molecule has 0 radical (unpaired) electrons. The third-order valence-corrected chi connectivity index (χ3v) is 5.81. The van der Waals surface area contributed by atoms with Crippen LogP contribution in [-0.4, -0.2) is 40.4 Å². The zero-order chi connectivity index (χ0) is 18.4. The summed E-state index contributed by atoms with van der Waals surface area (Å²) in [6.07, 6.45) is 3.01. The Morgan fingerprint density at radius 3 is 2.72 bits per heavy atom. The number of carbonyl (C=O) groups is 1. The van der Waals surface area contributed by atoms with E-state index in [1.165, 1.54) is 26.3 Å². The number of carbonyl (C=O) groups excluding carboxylic acids is 1.